The monoisotopic (exact) mass is 285 g/mol. The van der Waals surface area contributed by atoms with Crippen LogP contribution in [0.25, 0.3) is 5.65 Å². The van der Waals surface area contributed by atoms with E-state index in [0.29, 0.717) is 0 Å². The van der Waals surface area contributed by atoms with Crippen molar-refractivity contribution in [1.82, 2.24) is 20.0 Å². The molecule has 21 heavy (non-hydrogen) atoms. The number of piperazine rings is 1. The quantitative estimate of drug-likeness (QED) is 0.879. The Labute approximate surface area is 125 Å². The third kappa shape index (κ3) is 2.76. The molecule has 2 aliphatic heterocycles. The third-order valence-electron chi connectivity index (χ3n) is 4.64. The van der Waals surface area contributed by atoms with Crippen molar-refractivity contribution in [1.29, 1.82) is 0 Å². The molecule has 0 aromatic carbocycles. The number of imidazole rings is 1. The Hall–Kier alpha value is -1.59. The van der Waals surface area contributed by atoms with Crippen LogP contribution in [0.4, 0.5) is 5.69 Å². The van der Waals surface area contributed by atoms with Crippen LogP contribution in [0.5, 0.6) is 0 Å². The van der Waals surface area contributed by atoms with Gasteiger partial charge < -0.3 is 19.9 Å². The summed E-state index contributed by atoms with van der Waals surface area (Å²) in [5, 5.41) is 6.83. The number of fused-ring (bicyclic) bond motifs is 1. The summed E-state index contributed by atoms with van der Waals surface area (Å²) in [4.78, 5) is 7.26. The number of rotatable bonds is 3. The number of nitrogens with zero attached hydrogens (tertiary/aromatic N) is 3. The van der Waals surface area contributed by atoms with Gasteiger partial charge in [0.2, 0.25) is 0 Å². The van der Waals surface area contributed by atoms with E-state index >= 15 is 0 Å². The molecule has 0 spiro atoms. The fourth-order valence-corrected chi connectivity index (χ4v) is 3.43. The highest BCUT2D eigenvalue weighted by Crippen LogP contribution is 2.20. The van der Waals surface area contributed by atoms with Crippen LogP contribution in [-0.2, 0) is 6.42 Å². The molecule has 2 aromatic heterocycles. The molecule has 2 aliphatic rings. The van der Waals surface area contributed by atoms with Gasteiger partial charge in [-0.3, -0.25) is 0 Å². The molecular weight excluding hydrogens is 262 g/mol. The van der Waals surface area contributed by atoms with E-state index in [2.05, 4.69) is 44.5 Å². The normalized spacial score (nSPS) is 23.0. The number of nitrogens with one attached hydrogen (secondary N) is 2. The first-order chi connectivity index (χ1) is 10.4. The van der Waals surface area contributed by atoms with E-state index in [1.807, 2.05) is 0 Å². The van der Waals surface area contributed by atoms with Gasteiger partial charge in [-0.2, -0.15) is 0 Å². The minimum atomic E-state index is 0.752. The van der Waals surface area contributed by atoms with Gasteiger partial charge in [0.1, 0.15) is 5.65 Å². The number of aromatic nitrogens is 2. The summed E-state index contributed by atoms with van der Waals surface area (Å²) in [7, 11) is 0. The second-order valence-electron chi connectivity index (χ2n) is 6.18. The van der Waals surface area contributed by atoms with Crippen LogP contribution < -0.4 is 15.5 Å². The molecule has 2 saturated heterocycles. The van der Waals surface area contributed by atoms with Crippen molar-refractivity contribution in [2.75, 3.05) is 44.2 Å². The van der Waals surface area contributed by atoms with Gasteiger partial charge in [0.05, 0.1) is 5.69 Å². The van der Waals surface area contributed by atoms with Gasteiger partial charge in [0.25, 0.3) is 0 Å². The second-order valence-corrected chi connectivity index (χ2v) is 6.18. The van der Waals surface area contributed by atoms with Crippen LogP contribution in [-0.4, -0.2) is 48.7 Å². The fourth-order valence-electron chi connectivity index (χ4n) is 3.43. The van der Waals surface area contributed by atoms with Crippen LogP contribution in [0.1, 0.15) is 12.1 Å². The molecule has 0 saturated carbocycles. The number of hydrogen-bond donors (Lipinski definition) is 2. The van der Waals surface area contributed by atoms with Crippen LogP contribution in [0.2, 0.25) is 0 Å². The van der Waals surface area contributed by atoms with E-state index in [-0.39, 0.29) is 0 Å². The van der Waals surface area contributed by atoms with Crippen molar-refractivity contribution < 1.29 is 0 Å². The SMILES string of the molecule is c1cn2cc(CC3CCNC3)nc2cc1N1CCNCC1. The zero-order valence-corrected chi connectivity index (χ0v) is 12.4. The molecule has 5 nitrogen and oxygen atoms in total. The topological polar surface area (TPSA) is 44.6 Å². The van der Waals surface area contributed by atoms with Crippen LogP contribution in [0, 0.1) is 5.92 Å². The van der Waals surface area contributed by atoms with Gasteiger partial charge >= 0.3 is 0 Å². The first kappa shape index (κ1) is 13.1. The molecule has 5 heteroatoms. The number of anilines is 1. The third-order valence-corrected chi connectivity index (χ3v) is 4.64. The first-order valence-electron chi connectivity index (χ1n) is 8.02. The zero-order chi connectivity index (χ0) is 14.1. The molecule has 2 aromatic rings. The minimum Gasteiger partial charge on any atom is -0.369 e. The molecule has 112 valence electrons. The molecule has 1 unspecified atom stereocenters. The van der Waals surface area contributed by atoms with Crippen molar-refractivity contribution in [2.45, 2.75) is 12.8 Å². The largest absolute Gasteiger partial charge is 0.369 e. The lowest BCUT2D eigenvalue weighted by molar-refractivity contribution is 0.573. The summed E-state index contributed by atoms with van der Waals surface area (Å²) >= 11 is 0. The van der Waals surface area contributed by atoms with Gasteiger partial charge in [-0.1, -0.05) is 0 Å². The number of hydrogen-bond acceptors (Lipinski definition) is 4. The lowest BCUT2D eigenvalue weighted by atomic mass is 10.0. The van der Waals surface area contributed by atoms with Gasteiger partial charge in [-0.15, -0.1) is 0 Å². The summed E-state index contributed by atoms with van der Waals surface area (Å²) in [5.74, 6) is 0.752. The van der Waals surface area contributed by atoms with E-state index in [4.69, 9.17) is 4.98 Å². The van der Waals surface area contributed by atoms with Crippen molar-refractivity contribution in [3.05, 3.63) is 30.2 Å². The average Bonchev–Trinajstić information content (AvgIpc) is 3.16. The van der Waals surface area contributed by atoms with Crippen molar-refractivity contribution >= 4 is 11.3 Å². The van der Waals surface area contributed by atoms with Crippen molar-refractivity contribution in [2.24, 2.45) is 5.92 Å². The maximum Gasteiger partial charge on any atom is 0.139 e. The van der Waals surface area contributed by atoms with Crippen molar-refractivity contribution in [3.63, 3.8) is 0 Å². The predicted octanol–water partition coefficient (Wildman–Crippen LogP) is 0.896. The smallest absolute Gasteiger partial charge is 0.139 e. The highest BCUT2D eigenvalue weighted by atomic mass is 15.2. The Kier molecular flexibility index (Phi) is 3.53. The fraction of sp³-hybridized carbons (Fsp3) is 0.562. The molecular formula is C16H23N5. The molecule has 0 bridgehead atoms. The highest BCUT2D eigenvalue weighted by molar-refractivity contribution is 5.57. The molecule has 2 fully saturated rings. The zero-order valence-electron chi connectivity index (χ0n) is 12.4. The maximum atomic E-state index is 4.82. The highest BCUT2D eigenvalue weighted by Gasteiger charge is 2.17. The van der Waals surface area contributed by atoms with Crippen LogP contribution in [0.3, 0.4) is 0 Å². The second kappa shape index (κ2) is 5.66. The summed E-state index contributed by atoms with van der Waals surface area (Å²) < 4.78 is 2.16. The lowest BCUT2D eigenvalue weighted by Gasteiger charge is -2.29. The molecule has 4 heterocycles. The number of pyridine rings is 1. The maximum absolute atomic E-state index is 4.82. The molecule has 4 rings (SSSR count). The molecule has 2 N–H and O–H groups in total. The van der Waals surface area contributed by atoms with Crippen LogP contribution in [0.15, 0.2) is 24.5 Å². The van der Waals surface area contributed by atoms with E-state index < -0.39 is 0 Å². The Bertz CT molecular complexity index is 608. The van der Waals surface area contributed by atoms with Gasteiger partial charge in [0, 0.05) is 50.3 Å². The Morgan fingerprint density at radius 2 is 2.10 bits per heavy atom. The van der Waals surface area contributed by atoms with Gasteiger partial charge in [-0.25, -0.2) is 4.98 Å². The van der Waals surface area contributed by atoms with Crippen molar-refractivity contribution in [3.8, 4) is 0 Å². The van der Waals surface area contributed by atoms with Gasteiger partial charge in [0.15, 0.2) is 0 Å². The van der Waals surface area contributed by atoms with E-state index in [9.17, 15) is 0 Å². The standard InChI is InChI=1S/C16H23N5/c1-3-18-11-13(1)9-14-12-21-6-2-15(10-16(21)19-14)20-7-4-17-5-8-20/h2,6,10,12-13,17-18H,1,3-5,7-9,11H2. The van der Waals surface area contributed by atoms with Crippen LogP contribution >= 0.6 is 0 Å². The molecule has 1 atom stereocenters. The lowest BCUT2D eigenvalue weighted by Crippen LogP contribution is -2.43. The molecule has 0 aliphatic carbocycles. The molecule has 0 radical (unpaired) electrons. The van der Waals surface area contributed by atoms with E-state index in [0.717, 1.165) is 57.3 Å². The summed E-state index contributed by atoms with van der Waals surface area (Å²) in [6, 6.07) is 4.43. The summed E-state index contributed by atoms with van der Waals surface area (Å²) in [6.07, 6.45) is 6.71. The van der Waals surface area contributed by atoms with E-state index in [1.165, 1.54) is 17.8 Å². The average molecular weight is 285 g/mol. The Balaban J connectivity index is 1.55. The van der Waals surface area contributed by atoms with Gasteiger partial charge in [-0.05, 0) is 37.9 Å². The van der Waals surface area contributed by atoms with E-state index in [1.54, 1.807) is 0 Å². The summed E-state index contributed by atoms with van der Waals surface area (Å²) in [5.41, 5.74) is 3.59. The molecule has 0 amide bonds. The Morgan fingerprint density at radius 1 is 1.19 bits per heavy atom. The Morgan fingerprint density at radius 3 is 2.90 bits per heavy atom. The summed E-state index contributed by atoms with van der Waals surface area (Å²) in [6.45, 7) is 6.60. The predicted molar refractivity (Wildman–Crippen MR) is 85.0 cm³/mol. The minimum absolute atomic E-state index is 0.752. The first-order valence-corrected chi connectivity index (χ1v) is 8.02.